The van der Waals surface area contributed by atoms with Crippen molar-refractivity contribution in [1.82, 2.24) is 9.38 Å². The number of rotatable bonds is 3. The maximum absolute atomic E-state index is 11.2. The van der Waals surface area contributed by atoms with E-state index in [0.29, 0.717) is 11.8 Å². The first-order valence-corrected chi connectivity index (χ1v) is 8.44. The van der Waals surface area contributed by atoms with Gasteiger partial charge in [0.2, 0.25) is 0 Å². The molecule has 0 aromatic carbocycles. The highest BCUT2D eigenvalue weighted by molar-refractivity contribution is 5.50. The van der Waals surface area contributed by atoms with Crippen LogP contribution in [0.25, 0.3) is 5.52 Å². The number of fused-ring (bicyclic) bond motifs is 3. The van der Waals surface area contributed by atoms with E-state index in [9.17, 15) is 5.11 Å². The Kier molecular flexibility index (Phi) is 2.52. The fourth-order valence-electron chi connectivity index (χ4n) is 4.97. The standard InChI is InChI=1S/C18H22N2O/c21-18(16-8-11-1-2-13(16)7-11)17-15(12-3-4-12)6-5-14-9-19-10-20(14)17/h5-6,9-13,16,18,21H,1-4,7-8H2/t11?,13?,16?,18-/m0/s1. The summed E-state index contributed by atoms with van der Waals surface area (Å²) in [6.07, 6.45) is 11.3. The molecule has 3 aliphatic carbocycles. The van der Waals surface area contributed by atoms with Crippen molar-refractivity contribution in [2.75, 3.05) is 0 Å². The molecule has 0 spiro atoms. The van der Waals surface area contributed by atoms with Crippen molar-refractivity contribution in [3.8, 4) is 0 Å². The van der Waals surface area contributed by atoms with Crippen molar-refractivity contribution >= 4 is 5.52 Å². The number of aliphatic hydroxyl groups excluding tert-OH is 1. The lowest BCUT2D eigenvalue weighted by molar-refractivity contribution is 0.0691. The molecule has 2 heterocycles. The molecule has 0 aliphatic heterocycles. The Morgan fingerprint density at radius 3 is 2.76 bits per heavy atom. The quantitative estimate of drug-likeness (QED) is 0.932. The number of aliphatic hydroxyl groups is 1. The van der Waals surface area contributed by atoms with E-state index in [2.05, 4.69) is 21.5 Å². The summed E-state index contributed by atoms with van der Waals surface area (Å²) in [5.41, 5.74) is 3.62. The summed E-state index contributed by atoms with van der Waals surface area (Å²) in [4.78, 5) is 4.29. The van der Waals surface area contributed by atoms with E-state index in [1.807, 2.05) is 12.5 Å². The topological polar surface area (TPSA) is 37.5 Å². The smallest absolute Gasteiger partial charge is 0.0995 e. The van der Waals surface area contributed by atoms with Gasteiger partial charge in [-0.2, -0.15) is 0 Å². The lowest BCUT2D eigenvalue weighted by atomic mass is 9.82. The highest BCUT2D eigenvalue weighted by Crippen LogP contribution is 2.54. The summed E-state index contributed by atoms with van der Waals surface area (Å²) in [5.74, 6) is 2.76. The fourth-order valence-corrected chi connectivity index (χ4v) is 4.97. The van der Waals surface area contributed by atoms with Gasteiger partial charge in [0, 0.05) is 0 Å². The van der Waals surface area contributed by atoms with Gasteiger partial charge in [0.15, 0.2) is 0 Å². The maximum atomic E-state index is 11.2. The van der Waals surface area contributed by atoms with Gasteiger partial charge in [-0.3, -0.25) is 0 Å². The van der Waals surface area contributed by atoms with Crippen LogP contribution in [-0.2, 0) is 0 Å². The summed E-state index contributed by atoms with van der Waals surface area (Å²) in [5, 5.41) is 11.2. The third-order valence-electron chi connectivity index (χ3n) is 6.15. The van der Waals surface area contributed by atoms with Crippen LogP contribution in [0.3, 0.4) is 0 Å². The Hall–Kier alpha value is -1.35. The van der Waals surface area contributed by atoms with Crippen molar-refractivity contribution in [2.45, 2.75) is 50.5 Å². The molecule has 2 aromatic heterocycles. The molecular weight excluding hydrogens is 260 g/mol. The molecule has 4 atom stereocenters. The van der Waals surface area contributed by atoms with Crippen LogP contribution < -0.4 is 0 Å². The van der Waals surface area contributed by atoms with Gasteiger partial charge in [0.1, 0.15) is 0 Å². The molecular formula is C18H22N2O. The number of imidazole rings is 1. The largest absolute Gasteiger partial charge is 0.387 e. The van der Waals surface area contributed by atoms with Crippen molar-refractivity contribution in [1.29, 1.82) is 0 Å². The maximum Gasteiger partial charge on any atom is 0.0995 e. The number of hydrogen-bond donors (Lipinski definition) is 1. The summed E-state index contributed by atoms with van der Waals surface area (Å²) in [6, 6.07) is 4.39. The minimum absolute atomic E-state index is 0.311. The van der Waals surface area contributed by atoms with Gasteiger partial charge in [-0.15, -0.1) is 0 Å². The second kappa shape index (κ2) is 4.33. The molecule has 0 radical (unpaired) electrons. The Bertz CT molecular complexity index is 688. The first-order chi connectivity index (χ1) is 10.3. The zero-order chi connectivity index (χ0) is 14.0. The van der Waals surface area contributed by atoms with Gasteiger partial charge < -0.3 is 9.51 Å². The second-order valence-corrected chi connectivity index (χ2v) is 7.42. The van der Waals surface area contributed by atoms with Gasteiger partial charge in [-0.25, -0.2) is 4.98 Å². The molecule has 0 amide bonds. The highest BCUT2D eigenvalue weighted by Gasteiger charge is 2.44. The van der Waals surface area contributed by atoms with Crippen molar-refractivity contribution in [3.05, 3.63) is 35.9 Å². The summed E-state index contributed by atoms with van der Waals surface area (Å²) >= 11 is 0. The molecule has 3 nitrogen and oxygen atoms in total. The lowest BCUT2D eigenvalue weighted by Crippen LogP contribution is -2.22. The summed E-state index contributed by atoms with van der Waals surface area (Å²) < 4.78 is 2.14. The lowest BCUT2D eigenvalue weighted by Gasteiger charge is -2.29. The highest BCUT2D eigenvalue weighted by atomic mass is 16.3. The molecule has 2 bridgehead atoms. The average Bonchev–Trinajstić information content (AvgIpc) is 2.93. The van der Waals surface area contributed by atoms with E-state index >= 15 is 0 Å². The molecule has 3 fully saturated rings. The molecule has 1 N–H and O–H groups in total. The molecule has 3 aliphatic rings. The monoisotopic (exact) mass is 282 g/mol. The third kappa shape index (κ3) is 1.80. The Balaban J connectivity index is 1.61. The zero-order valence-electron chi connectivity index (χ0n) is 12.3. The summed E-state index contributed by atoms with van der Waals surface area (Å²) in [7, 11) is 0. The van der Waals surface area contributed by atoms with E-state index in [-0.39, 0.29) is 6.10 Å². The van der Waals surface area contributed by atoms with E-state index < -0.39 is 0 Å². The van der Waals surface area contributed by atoms with Gasteiger partial charge in [-0.1, -0.05) is 12.5 Å². The van der Waals surface area contributed by atoms with E-state index in [4.69, 9.17) is 0 Å². The molecule has 21 heavy (non-hydrogen) atoms. The van der Waals surface area contributed by atoms with Crippen LogP contribution in [0.1, 0.15) is 61.8 Å². The second-order valence-electron chi connectivity index (χ2n) is 7.42. The minimum Gasteiger partial charge on any atom is -0.387 e. The van der Waals surface area contributed by atoms with Gasteiger partial charge in [-0.05, 0) is 67.4 Å². The fraction of sp³-hybridized carbons (Fsp3) is 0.611. The SMILES string of the molecule is O[C@H](c1c(C2CC2)ccc2cncn12)C1CC2CCC1C2. The Morgan fingerprint density at radius 2 is 2.05 bits per heavy atom. The molecule has 5 rings (SSSR count). The molecule has 3 unspecified atom stereocenters. The van der Waals surface area contributed by atoms with Crippen LogP contribution in [0.4, 0.5) is 0 Å². The van der Waals surface area contributed by atoms with Crippen LogP contribution in [0.2, 0.25) is 0 Å². The molecule has 110 valence electrons. The average molecular weight is 282 g/mol. The van der Waals surface area contributed by atoms with Crippen molar-refractivity contribution < 1.29 is 5.11 Å². The number of aromatic nitrogens is 2. The normalized spacial score (nSPS) is 32.9. The first-order valence-electron chi connectivity index (χ1n) is 8.44. The van der Waals surface area contributed by atoms with E-state index in [1.54, 1.807) is 0 Å². The van der Waals surface area contributed by atoms with Crippen molar-refractivity contribution in [3.63, 3.8) is 0 Å². The molecule has 0 saturated heterocycles. The Morgan fingerprint density at radius 1 is 1.14 bits per heavy atom. The minimum atomic E-state index is -0.311. The van der Waals surface area contributed by atoms with Gasteiger partial charge in [0.05, 0.1) is 29.8 Å². The van der Waals surface area contributed by atoms with Crippen LogP contribution in [0.5, 0.6) is 0 Å². The Labute approximate surface area is 125 Å². The van der Waals surface area contributed by atoms with Crippen LogP contribution in [-0.4, -0.2) is 14.5 Å². The number of pyridine rings is 1. The number of hydrogen-bond acceptors (Lipinski definition) is 2. The first kappa shape index (κ1) is 12.2. The molecule has 2 aromatic rings. The van der Waals surface area contributed by atoms with Crippen LogP contribution in [0.15, 0.2) is 24.7 Å². The zero-order valence-corrected chi connectivity index (χ0v) is 12.3. The predicted octanol–water partition coefficient (Wildman–Crippen LogP) is 3.68. The van der Waals surface area contributed by atoms with E-state index in [0.717, 1.165) is 23.0 Å². The van der Waals surface area contributed by atoms with Gasteiger partial charge in [0.25, 0.3) is 0 Å². The predicted molar refractivity (Wildman–Crippen MR) is 81.1 cm³/mol. The van der Waals surface area contributed by atoms with Crippen LogP contribution in [0, 0.1) is 17.8 Å². The van der Waals surface area contributed by atoms with Gasteiger partial charge >= 0.3 is 0 Å². The molecule has 3 saturated carbocycles. The number of nitrogens with zero attached hydrogens (tertiary/aromatic N) is 2. The van der Waals surface area contributed by atoms with E-state index in [1.165, 1.54) is 44.1 Å². The third-order valence-corrected chi connectivity index (χ3v) is 6.15. The summed E-state index contributed by atoms with van der Waals surface area (Å²) in [6.45, 7) is 0. The molecule has 3 heteroatoms. The van der Waals surface area contributed by atoms with Crippen LogP contribution >= 0.6 is 0 Å². The van der Waals surface area contributed by atoms with Crippen molar-refractivity contribution in [2.24, 2.45) is 17.8 Å².